The molecule has 1 nitrogen and oxygen atoms in total. The summed E-state index contributed by atoms with van der Waals surface area (Å²) in [5.74, 6) is 0.225. The second kappa shape index (κ2) is 7.67. The van der Waals surface area contributed by atoms with Gasteiger partial charge in [0, 0.05) is 12.0 Å². The summed E-state index contributed by atoms with van der Waals surface area (Å²) in [6.07, 6.45) is 9.67. The Kier molecular flexibility index (Phi) is 4.73. The first-order chi connectivity index (χ1) is 14.3. The number of rotatable bonds is 0. The van der Waals surface area contributed by atoms with Crippen molar-refractivity contribution in [2.24, 2.45) is 0 Å². The van der Waals surface area contributed by atoms with E-state index in [-0.39, 0.29) is 5.78 Å². The Morgan fingerprint density at radius 3 is 2.38 bits per heavy atom. The fourth-order valence-electron chi connectivity index (χ4n) is 4.64. The van der Waals surface area contributed by atoms with Gasteiger partial charge in [0.05, 0.1) is 0 Å². The van der Waals surface area contributed by atoms with Gasteiger partial charge in [-0.25, -0.2) is 0 Å². The van der Waals surface area contributed by atoms with Gasteiger partial charge in [-0.2, -0.15) is 0 Å². The number of allylic oxidation sites excluding steroid dienone is 1. The fraction of sp³-hybridized carbons (Fsp3) is 0.179. The number of carbonyl (C=O) groups is 1. The lowest BCUT2D eigenvalue weighted by atomic mass is 9.86. The van der Waals surface area contributed by atoms with E-state index in [1.807, 2.05) is 36.4 Å². The van der Waals surface area contributed by atoms with Crippen molar-refractivity contribution in [3.8, 4) is 0 Å². The van der Waals surface area contributed by atoms with Gasteiger partial charge in [0.25, 0.3) is 0 Å². The SMILES string of the molecule is O=C1CC=Cc2ccccc21.c1ccc2c(c1)ccc1c3c(ccc12)CCCC3. The topological polar surface area (TPSA) is 17.1 Å². The summed E-state index contributed by atoms with van der Waals surface area (Å²) in [6, 6.07) is 25.6. The second-order valence-corrected chi connectivity index (χ2v) is 7.91. The molecule has 0 saturated carbocycles. The van der Waals surface area contributed by atoms with Crippen molar-refractivity contribution in [1.82, 2.24) is 0 Å². The van der Waals surface area contributed by atoms with Gasteiger partial charge in [-0.15, -0.1) is 0 Å². The largest absolute Gasteiger partial charge is 0.294 e. The Labute approximate surface area is 171 Å². The van der Waals surface area contributed by atoms with Crippen LogP contribution in [0.1, 0.15) is 46.3 Å². The number of benzene rings is 4. The van der Waals surface area contributed by atoms with Crippen LogP contribution in [-0.4, -0.2) is 5.78 Å². The molecule has 29 heavy (non-hydrogen) atoms. The number of hydrogen-bond acceptors (Lipinski definition) is 1. The number of hydrogen-bond donors (Lipinski definition) is 0. The predicted molar refractivity (Wildman–Crippen MR) is 123 cm³/mol. The normalized spacial score (nSPS) is 14.8. The average Bonchev–Trinajstić information content (AvgIpc) is 2.79. The summed E-state index contributed by atoms with van der Waals surface area (Å²) in [5, 5.41) is 5.64. The Balaban J connectivity index is 0.000000142. The van der Waals surface area contributed by atoms with Crippen LogP contribution in [0.4, 0.5) is 0 Å². The van der Waals surface area contributed by atoms with E-state index < -0.39 is 0 Å². The summed E-state index contributed by atoms with van der Waals surface area (Å²) in [5.41, 5.74) is 5.08. The minimum Gasteiger partial charge on any atom is -0.294 e. The molecule has 0 aromatic heterocycles. The van der Waals surface area contributed by atoms with E-state index in [2.05, 4.69) is 48.5 Å². The smallest absolute Gasteiger partial charge is 0.167 e. The molecule has 4 aromatic carbocycles. The van der Waals surface area contributed by atoms with Gasteiger partial charge >= 0.3 is 0 Å². The zero-order valence-electron chi connectivity index (χ0n) is 16.5. The minimum atomic E-state index is 0.225. The molecule has 0 heterocycles. The van der Waals surface area contributed by atoms with Crippen LogP contribution in [0.5, 0.6) is 0 Å². The average molecular weight is 376 g/mol. The highest BCUT2D eigenvalue weighted by Crippen LogP contribution is 2.33. The summed E-state index contributed by atoms with van der Waals surface area (Å²) < 4.78 is 0. The molecule has 0 fully saturated rings. The van der Waals surface area contributed by atoms with Crippen LogP contribution in [-0.2, 0) is 12.8 Å². The number of Topliss-reactive ketones (excluding diaryl/α,β-unsaturated/α-hetero) is 1. The lowest BCUT2D eigenvalue weighted by molar-refractivity contribution is 0.0994. The van der Waals surface area contributed by atoms with Crippen molar-refractivity contribution in [3.05, 3.63) is 101 Å². The molecule has 0 radical (unpaired) electrons. The third-order valence-corrected chi connectivity index (χ3v) is 6.12. The maximum Gasteiger partial charge on any atom is 0.167 e. The minimum absolute atomic E-state index is 0.225. The molecule has 0 aliphatic heterocycles. The molecule has 0 atom stereocenters. The van der Waals surface area contributed by atoms with Crippen LogP contribution >= 0.6 is 0 Å². The highest BCUT2D eigenvalue weighted by molar-refractivity contribution is 6.08. The molecule has 0 unspecified atom stereocenters. The summed E-state index contributed by atoms with van der Waals surface area (Å²) in [4.78, 5) is 11.2. The number of carbonyl (C=O) groups excluding carboxylic acids is 1. The lowest BCUT2D eigenvalue weighted by Crippen LogP contribution is -2.02. The van der Waals surface area contributed by atoms with Crippen LogP contribution in [0.3, 0.4) is 0 Å². The van der Waals surface area contributed by atoms with E-state index in [0.717, 1.165) is 11.1 Å². The third kappa shape index (κ3) is 3.38. The maximum atomic E-state index is 11.2. The molecule has 0 saturated heterocycles. The molecule has 0 spiro atoms. The molecule has 0 N–H and O–H groups in total. The highest BCUT2D eigenvalue weighted by Gasteiger charge is 2.13. The van der Waals surface area contributed by atoms with Crippen molar-refractivity contribution in [3.63, 3.8) is 0 Å². The standard InChI is InChI=1S/C18H16.C10H8O/c1-3-7-15-13(5-1)9-11-18-16-8-4-2-6-14(16)10-12-17(15)18;11-10-7-3-5-8-4-1-2-6-9(8)10/h1,3,5,7,9-12H,2,4,6,8H2;1-6H,7H2. The first-order valence-corrected chi connectivity index (χ1v) is 10.5. The number of fused-ring (bicyclic) bond motifs is 6. The van der Waals surface area contributed by atoms with Crippen LogP contribution in [0, 0.1) is 0 Å². The van der Waals surface area contributed by atoms with Crippen LogP contribution in [0.25, 0.3) is 27.6 Å². The van der Waals surface area contributed by atoms with Crippen molar-refractivity contribution < 1.29 is 4.79 Å². The molecule has 2 aliphatic carbocycles. The predicted octanol–water partition coefficient (Wildman–Crippen LogP) is 7.16. The van der Waals surface area contributed by atoms with E-state index >= 15 is 0 Å². The Morgan fingerprint density at radius 1 is 0.655 bits per heavy atom. The van der Waals surface area contributed by atoms with Crippen molar-refractivity contribution in [1.29, 1.82) is 0 Å². The zero-order valence-corrected chi connectivity index (χ0v) is 16.5. The van der Waals surface area contributed by atoms with E-state index in [0.29, 0.717) is 6.42 Å². The Hall–Kier alpha value is -3.19. The van der Waals surface area contributed by atoms with Crippen molar-refractivity contribution >= 4 is 33.4 Å². The lowest BCUT2D eigenvalue weighted by Gasteiger charge is -2.18. The monoisotopic (exact) mass is 376 g/mol. The van der Waals surface area contributed by atoms with Gasteiger partial charge in [0.2, 0.25) is 0 Å². The van der Waals surface area contributed by atoms with Gasteiger partial charge in [-0.1, -0.05) is 84.9 Å². The molecule has 1 heteroatoms. The van der Waals surface area contributed by atoms with E-state index in [4.69, 9.17) is 0 Å². The first-order valence-electron chi connectivity index (χ1n) is 10.5. The summed E-state index contributed by atoms with van der Waals surface area (Å²) in [7, 11) is 0. The summed E-state index contributed by atoms with van der Waals surface area (Å²) in [6.45, 7) is 0. The Morgan fingerprint density at radius 2 is 1.45 bits per heavy atom. The van der Waals surface area contributed by atoms with Gasteiger partial charge in [-0.3, -0.25) is 4.79 Å². The molecule has 4 aromatic rings. The fourth-order valence-corrected chi connectivity index (χ4v) is 4.64. The maximum absolute atomic E-state index is 11.2. The number of ketones is 1. The van der Waals surface area contributed by atoms with Gasteiger partial charge in [0.15, 0.2) is 5.78 Å². The molecule has 142 valence electrons. The summed E-state index contributed by atoms with van der Waals surface area (Å²) >= 11 is 0. The molecular formula is C28H24O. The highest BCUT2D eigenvalue weighted by atomic mass is 16.1. The van der Waals surface area contributed by atoms with Crippen molar-refractivity contribution in [2.45, 2.75) is 32.1 Å². The van der Waals surface area contributed by atoms with Crippen molar-refractivity contribution in [2.75, 3.05) is 0 Å². The zero-order chi connectivity index (χ0) is 19.6. The quantitative estimate of drug-likeness (QED) is 0.298. The molecular weight excluding hydrogens is 352 g/mol. The van der Waals surface area contributed by atoms with Crippen LogP contribution < -0.4 is 0 Å². The van der Waals surface area contributed by atoms with E-state index in [1.165, 1.54) is 47.2 Å². The van der Waals surface area contributed by atoms with Crippen LogP contribution in [0.2, 0.25) is 0 Å². The molecule has 0 bridgehead atoms. The number of aryl methyl sites for hydroxylation is 2. The van der Waals surface area contributed by atoms with E-state index in [1.54, 1.807) is 11.1 Å². The van der Waals surface area contributed by atoms with Gasteiger partial charge in [-0.05, 0) is 63.9 Å². The Bertz CT molecular complexity index is 1250. The second-order valence-electron chi connectivity index (χ2n) is 7.91. The molecule has 6 rings (SSSR count). The van der Waals surface area contributed by atoms with Crippen LogP contribution in [0.15, 0.2) is 78.9 Å². The van der Waals surface area contributed by atoms with Gasteiger partial charge in [0.1, 0.15) is 0 Å². The van der Waals surface area contributed by atoms with Gasteiger partial charge < -0.3 is 0 Å². The van der Waals surface area contributed by atoms with E-state index in [9.17, 15) is 4.79 Å². The molecule has 2 aliphatic rings. The molecule has 0 amide bonds. The first kappa shape index (κ1) is 17.9. The third-order valence-electron chi connectivity index (χ3n) is 6.12.